The van der Waals surface area contributed by atoms with Gasteiger partial charge in [-0.3, -0.25) is 4.79 Å². The van der Waals surface area contributed by atoms with Gasteiger partial charge in [-0.2, -0.15) is 0 Å². The molecule has 184 valence electrons. The molecule has 1 fully saturated rings. The molecule has 34 heavy (non-hydrogen) atoms. The lowest BCUT2D eigenvalue weighted by atomic mass is 9.79. The van der Waals surface area contributed by atoms with E-state index in [0.717, 1.165) is 49.7 Å². The van der Waals surface area contributed by atoms with Gasteiger partial charge in [0.1, 0.15) is 0 Å². The van der Waals surface area contributed by atoms with E-state index in [4.69, 9.17) is 9.72 Å². The van der Waals surface area contributed by atoms with Gasteiger partial charge >= 0.3 is 0 Å². The summed E-state index contributed by atoms with van der Waals surface area (Å²) in [4.78, 5) is 26.7. The van der Waals surface area contributed by atoms with Crippen LogP contribution < -0.4 is 4.90 Å². The molecule has 4 rings (SSSR count). The Hall–Kier alpha value is -2.47. The van der Waals surface area contributed by atoms with Gasteiger partial charge in [-0.15, -0.1) is 0 Å². The number of morpholine rings is 1. The lowest BCUT2D eigenvalue weighted by Crippen LogP contribution is -2.39. The monoisotopic (exact) mass is 464 g/mol. The molecule has 0 unspecified atom stereocenters. The largest absolute Gasteiger partial charge is 0.378 e. The number of anilines is 1. The number of carbonyl (C=O) groups excluding carboxylic acids is 1. The predicted molar refractivity (Wildman–Crippen MR) is 136 cm³/mol. The van der Waals surface area contributed by atoms with Crippen LogP contribution in [-0.4, -0.2) is 53.6 Å². The number of amides is 1. The number of rotatable bonds is 4. The molecular formula is C28H40N4O2. The molecule has 0 bridgehead atoms. The Kier molecular flexibility index (Phi) is 6.99. The van der Waals surface area contributed by atoms with E-state index in [0.29, 0.717) is 26.2 Å². The van der Waals surface area contributed by atoms with E-state index in [9.17, 15) is 4.79 Å². The molecule has 0 spiro atoms. The van der Waals surface area contributed by atoms with Crippen LogP contribution in [0.3, 0.4) is 0 Å². The number of hydrogen-bond donors (Lipinski definition) is 0. The van der Waals surface area contributed by atoms with Crippen molar-refractivity contribution in [2.45, 2.75) is 78.2 Å². The van der Waals surface area contributed by atoms with Gasteiger partial charge in [-0.25, -0.2) is 9.97 Å². The summed E-state index contributed by atoms with van der Waals surface area (Å²) < 4.78 is 5.45. The van der Waals surface area contributed by atoms with Crippen LogP contribution in [0.15, 0.2) is 24.4 Å². The highest BCUT2D eigenvalue weighted by atomic mass is 16.5. The first-order valence-corrected chi connectivity index (χ1v) is 12.6. The van der Waals surface area contributed by atoms with Crippen LogP contribution in [0, 0.1) is 0 Å². The average Bonchev–Trinajstić information content (AvgIpc) is 2.81. The van der Waals surface area contributed by atoms with Crippen LogP contribution in [0.5, 0.6) is 0 Å². The van der Waals surface area contributed by atoms with Gasteiger partial charge in [0.15, 0.2) is 0 Å². The van der Waals surface area contributed by atoms with Crippen molar-refractivity contribution < 1.29 is 9.53 Å². The summed E-state index contributed by atoms with van der Waals surface area (Å²) in [7, 11) is 0. The minimum absolute atomic E-state index is 0.0779. The fraction of sp³-hybridized carbons (Fsp3) is 0.607. The number of aromatic nitrogens is 2. The third-order valence-corrected chi connectivity index (χ3v) is 6.93. The van der Waals surface area contributed by atoms with Crippen molar-refractivity contribution in [1.29, 1.82) is 0 Å². The first-order chi connectivity index (χ1) is 16.0. The molecule has 2 aliphatic rings. The van der Waals surface area contributed by atoms with Crippen LogP contribution >= 0.6 is 0 Å². The minimum Gasteiger partial charge on any atom is -0.378 e. The normalized spacial score (nSPS) is 17.0. The molecule has 0 saturated carbocycles. The summed E-state index contributed by atoms with van der Waals surface area (Å²) in [6.45, 7) is 17.9. The Morgan fingerprint density at radius 1 is 0.971 bits per heavy atom. The van der Waals surface area contributed by atoms with Crippen LogP contribution in [0.4, 0.5) is 5.95 Å². The molecule has 2 aromatic rings. The van der Waals surface area contributed by atoms with Gasteiger partial charge in [0.2, 0.25) is 11.9 Å². The molecule has 1 saturated heterocycles. The average molecular weight is 465 g/mol. The molecule has 1 amide bonds. The number of aryl methyl sites for hydroxylation is 1. The molecule has 1 aromatic carbocycles. The topological polar surface area (TPSA) is 58.6 Å². The lowest BCUT2D eigenvalue weighted by Gasteiger charge is -2.31. The highest BCUT2D eigenvalue weighted by Gasteiger charge is 2.25. The van der Waals surface area contributed by atoms with Crippen molar-refractivity contribution in [3.8, 4) is 0 Å². The fourth-order valence-electron chi connectivity index (χ4n) is 4.53. The maximum absolute atomic E-state index is 13.2. The highest BCUT2D eigenvalue weighted by molar-refractivity contribution is 5.76. The molecule has 2 aliphatic heterocycles. The third-order valence-electron chi connectivity index (χ3n) is 6.93. The van der Waals surface area contributed by atoms with Gasteiger partial charge in [0.25, 0.3) is 0 Å². The van der Waals surface area contributed by atoms with Gasteiger partial charge in [-0.05, 0) is 45.9 Å². The van der Waals surface area contributed by atoms with Gasteiger partial charge in [0.05, 0.1) is 25.5 Å². The second kappa shape index (κ2) is 9.65. The zero-order chi connectivity index (χ0) is 24.5. The summed E-state index contributed by atoms with van der Waals surface area (Å²) in [5.41, 5.74) is 6.22. The maximum atomic E-state index is 13.2. The first-order valence-electron chi connectivity index (χ1n) is 12.6. The molecule has 3 heterocycles. The van der Waals surface area contributed by atoms with E-state index >= 15 is 0 Å². The number of ether oxygens (including phenoxy) is 1. The summed E-state index contributed by atoms with van der Waals surface area (Å²) in [6.07, 6.45) is 4.05. The third kappa shape index (κ3) is 5.77. The summed E-state index contributed by atoms with van der Waals surface area (Å²) in [5, 5.41) is 0. The van der Waals surface area contributed by atoms with Crippen molar-refractivity contribution in [2.24, 2.45) is 0 Å². The zero-order valence-electron chi connectivity index (χ0n) is 21.8. The summed E-state index contributed by atoms with van der Waals surface area (Å²) in [5.74, 6) is 0.959. The first kappa shape index (κ1) is 24.6. The second-order valence-electron chi connectivity index (χ2n) is 11.7. The van der Waals surface area contributed by atoms with E-state index in [1.165, 1.54) is 16.7 Å². The van der Waals surface area contributed by atoms with E-state index in [1.54, 1.807) is 0 Å². The van der Waals surface area contributed by atoms with Crippen molar-refractivity contribution >= 4 is 11.9 Å². The molecule has 1 aromatic heterocycles. The molecule has 0 N–H and O–H groups in total. The van der Waals surface area contributed by atoms with E-state index < -0.39 is 0 Å². The zero-order valence-corrected chi connectivity index (χ0v) is 21.8. The predicted octanol–water partition coefficient (Wildman–Crippen LogP) is 4.43. The van der Waals surface area contributed by atoms with Gasteiger partial charge in [-0.1, -0.05) is 59.7 Å². The number of fused-ring (bicyclic) bond motifs is 1. The quantitative estimate of drug-likeness (QED) is 0.670. The minimum atomic E-state index is 0.0779. The van der Waals surface area contributed by atoms with Gasteiger partial charge < -0.3 is 14.5 Å². The fourth-order valence-corrected chi connectivity index (χ4v) is 4.53. The molecule has 0 radical (unpaired) electrons. The van der Waals surface area contributed by atoms with Crippen LogP contribution in [0.25, 0.3) is 0 Å². The Morgan fingerprint density at radius 3 is 2.24 bits per heavy atom. The Balaban J connectivity index is 1.44. The van der Waals surface area contributed by atoms with Gasteiger partial charge in [0, 0.05) is 32.3 Å². The van der Waals surface area contributed by atoms with Crippen LogP contribution in [-0.2, 0) is 39.7 Å². The Bertz CT molecular complexity index is 997. The molecular weight excluding hydrogens is 424 g/mol. The van der Waals surface area contributed by atoms with E-state index in [2.05, 4.69) is 69.6 Å². The Labute approximate surface area is 204 Å². The number of carbonyl (C=O) groups is 1. The summed E-state index contributed by atoms with van der Waals surface area (Å²) >= 11 is 0. The molecule has 0 atom stereocenters. The molecule has 6 heteroatoms. The van der Waals surface area contributed by atoms with Crippen molar-refractivity contribution in [3.05, 3.63) is 52.3 Å². The van der Waals surface area contributed by atoms with Crippen molar-refractivity contribution in [2.75, 3.05) is 37.7 Å². The number of benzene rings is 1. The van der Waals surface area contributed by atoms with E-state index in [1.807, 2.05) is 11.1 Å². The standard InChI is InChI=1S/C28H40N4O2/c1-27(2,3)22-15-20(16-23(17-22)28(4,5)6)7-8-25(33)32-10-9-21-18-29-26(30-24(21)19-32)31-11-13-34-14-12-31/h15-18H,7-14,19H2,1-6H3. The van der Waals surface area contributed by atoms with Crippen LogP contribution in [0.2, 0.25) is 0 Å². The number of nitrogens with zero attached hydrogens (tertiary/aromatic N) is 4. The van der Waals surface area contributed by atoms with Crippen molar-refractivity contribution in [3.63, 3.8) is 0 Å². The number of hydrogen-bond acceptors (Lipinski definition) is 5. The summed E-state index contributed by atoms with van der Waals surface area (Å²) in [6, 6.07) is 6.91. The molecule has 0 aliphatic carbocycles. The highest BCUT2D eigenvalue weighted by Crippen LogP contribution is 2.31. The van der Waals surface area contributed by atoms with Crippen LogP contribution in [0.1, 0.15) is 75.9 Å². The molecule has 6 nitrogen and oxygen atoms in total. The lowest BCUT2D eigenvalue weighted by molar-refractivity contribution is -0.132. The smallest absolute Gasteiger partial charge is 0.225 e. The Morgan fingerprint density at radius 2 is 1.62 bits per heavy atom. The maximum Gasteiger partial charge on any atom is 0.225 e. The second-order valence-corrected chi connectivity index (χ2v) is 11.7. The van der Waals surface area contributed by atoms with Crippen molar-refractivity contribution in [1.82, 2.24) is 14.9 Å². The van der Waals surface area contributed by atoms with E-state index in [-0.39, 0.29) is 16.7 Å². The SMILES string of the molecule is CC(C)(C)c1cc(CCC(=O)N2CCc3cnc(N4CCOCC4)nc3C2)cc(C(C)(C)C)c1.